The number of aliphatic hydroxyl groups excluding tert-OH is 1. The van der Waals surface area contributed by atoms with E-state index in [1.165, 1.54) is 0 Å². The Balaban J connectivity index is 1.46. The minimum atomic E-state index is -0.437. The van der Waals surface area contributed by atoms with E-state index in [4.69, 9.17) is 16.3 Å². The Morgan fingerprint density at radius 2 is 1.72 bits per heavy atom. The van der Waals surface area contributed by atoms with Crippen molar-refractivity contribution >= 4 is 17.3 Å². The third kappa shape index (κ3) is 4.66. The number of methoxy groups -OCH3 is 1. The van der Waals surface area contributed by atoms with Gasteiger partial charge < -0.3 is 14.7 Å². The van der Waals surface area contributed by atoms with Crippen LogP contribution in [0.2, 0.25) is 5.02 Å². The third-order valence-corrected chi connectivity index (χ3v) is 5.10. The normalized spacial score (nSPS) is 16.7. The largest absolute Gasteiger partial charge is 0.497 e. The Labute approximate surface area is 154 Å². The minimum absolute atomic E-state index is 0.437. The van der Waals surface area contributed by atoms with Gasteiger partial charge in [-0.15, -0.1) is 0 Å². The molecular weight excluding hydrogens is 336 g/mol. The van der Waals surface area contributed by atoms with E-state index in [0.717, 1.165) is 61.2 Å². The van der Waals surface area contributed by atoms with Gasteiger partial charge in [-0.1, -0.05) is 35.9 Å². The van der Waals surface area contributed by atoms with Crippen LogP contribution in [0, 0.1) is 0 Å². The van der Waals surface area contributed by atoms with E-state index in [2.05, 4.69) is 15.9 Å². The highest BCUT2D eigenvalue weighted by molar-refractivity contribution is 6.33. The Morgan fingerprint density at radius 1 is 1.04 bits per heavy atom. The van der Waals surface area contributed by atoms with Crippen molar-refractivity contribution in [3.63, 3.8) is 0 Å². The highest BCUT2D eigenvalue weighted by atomic mass is 35.5. The Kier molecular flexibility index (Phi) is 6.19. The summed E-state index contributed by atoms with van der Waals surface area (Å²) in [5, 5.41) is 11.2. The van der Waals surface area contributed by atoms with Crippen LogP contribution in [0.15, 0.2) is 48.5 Å². The number of nitrogens with zero attached hydrogens (tertiary/aromatic N) is 2. The van der Waals surface area contributed by atoms with Gasteiger partial charge in [-0.25, -0.2) is 0 Å². The van der Waals surface area contributed by atoms with Crippen LogP contribution in [0.4, 0.5) is 5.69 Å². The summed E-state index contributed by atoms with van der Waals surface area (Å²) < 4.78 is 5.16. The van der Waals surface area contributed by atoms with Gasteiger partial charge in [0.1, 0.15) is 5.75 Å². The molecule has 1 aliphatic heterocycles. The molecule has 0 amide bonds. The number of hydrogen-bond donors (Lipinski definition) is 1. The molecule has 0 radical (unpaired) electrons. The molecular formula is C20H25ClN2O2. The van der Waals surface area contributed by atoms with Gasteiger partial charge in [0.05, 0.1) is 23.9 Å². The first kappa shape index (κ1) is 18.1. The molecule has 134 valence electrons. The number of aliphatic hydroxyl groups is 1. The zero-order valence-electron chi connectivity index (χ0n) is 14.6. The predicted octanol–water partition coefficient (Wildman–Crippen LogP) is 3.59. The molecule has 1 atom stereocenters. The van der Waals surface area contributed by atoms with Gasteiger partial charge in [0, 0.05) is 32.7 Å². The van der Waals surface area contributed by atoms with Gasteiger partial charge in [0.25, 0.3) is 0 Å². The van der Waals surface area contributed by atoms with Crippen molar-refractivity contribution in [3.8, 4) is 5.75 Å². The third-order valence-electron chi connectivity index (χ3n) is 4.78. The van der Waals surface area contributed by atoms with Crippen molar-refractivity contribution in [2.24, 2.45) is 0 Å². The molecule has 1 fully saturated rings. The van der Waals surface area contributed by atoms with Crippen molar-refractivity contribution in [2.45, 2.75) is 12.5 Å². The highest BCUT2D eigenvalue weighted by Crippen LogP contribution is 2.26. The van der Waals surface area contributed by atoms with Gasteiger partial charge in [0.2, 0.25) is 0 Å². The molecule has 2 aromatic carbocycles. The van der Waals surface area contributed by atoms with E-state index in [-0.39, 0.29) is 0 Å². The van der Waals surface area contributed by atoms with Crippen LogP contribution >= 0.6 is 11.6 Å². The molecule has 1 heterocycles. The van der Waals surface area contributed by atoms with Crippen LogP contribution in [0.1, 0.15) is 18.1 Å². The number of hydrogen-bond acceptors (Lipinski definition) is 4. The van der Waals surface area contributed by atoms with Gasteiger partial charge in [-0.3, -0.25) is 4.90 Å². The first-order valence-electron chi connectivity index (χ1n) is 8.71. The van der Waals surface area contributed by atoms with Crippen molar-refractivity contribution in [3.05, 3.63) is 59.1 Å². The van der Waals surface area contributed by atoms with E-state index in [1.807, 2.05) is 42.5 Å². The lowest BCUT2D eigenvalue weighted by Gasteiger charge is -2.36. The molecule has 5 heteroatoms. The fraction of sp³-hybridized carbons (Fsp3) is 0.400. The van der Waals surface area contributed by atoms with Crippen LogP contribution in [-0.4, -0.2) is 49.8 Å². The second-order valence-electron chi connectivity index (χ2n) is 6.36. The molecule has 0 spiro atoms. The standard InChI is InChI=1S/C20H25ClN2O2/c1-25-17-8-6-16(7-9-17)20(24)10-11-22-12-14-23(15-13-22)19-5-3-2-4-18(19)21/h2-9,20,24H,10-15H2,1H3. The summed E-state index contributed by atoms with van der Waals surface area (Å²) >= 11 is 6.29. The van der Waals surface area contributed by atoms with E-state index < -0.39 is 6.10 Å². The topological polar surface area (TPSA) is 35.9 Å². The van der Waals surface area contributed by atoms with E-state index in [1.54, 1.807) is 7.11 Å². The monoisotopic (exact) mass is 360 g/mol. The van der Waals surface area contributed by atoms with Crippen molar-refractivity contribution in [1.82, 2.24) is 4.90 Å². The second kappa shape index (κ2) is 8.56. The molecule has 25 heavy (non-hydrogen) atoms. The van der Waals surface area contributed by atoms with Gasteiger partial charge in [0.15, 0.2) is 0 Å². The maximum absolute atomic E-state index is 10.4. The summed E-state index contributed by atoms with van der Waals surface area (Å²) in [5.74, 6) is 0.812. The molecule has 1 N–H and O–H groups in total. The number of anilines is 1. The highest BCUT2D eigenvalue weighted by Gasteiger charge is 2.19. The maximum Gasteiger partial charge on any atom is 0.118 e. The lowest BCUT2D eigenvalue weighted by Crippen LogP contribution is -2.46. The summed E-state index contributed by atoms with van der Waals surface area (Å²) in [6.07, 6.45) is 0.297. The molecule has 0 aliphatic carbocycles. The van der Waals surface area contributed by atoms with Crippen LogP contribution in [0.5, 0.6) is 5.75 Å². The Morgan fingerprint density at radius 3 is 2.36 bits per heavy atom. The van der Waals surface area contributed by atoms with Gasteiger partial charge in [-0.2, -0.15) is 0 Å². The summed E-state index contributed by atoms with van der Waals surface area (Å²) in [5.41, 5.74) is 2.05. The fourth-order valence-corrected chi connectivity index (χ4v) is 3.47. The van der Waals surface area contributed by atoms with E-state index in [0.29, 0.717) is 0 Å². The molecule has 2 aromatic rings. The summed E-state index contributed by atoms with van der Waals surface area (Å²) in [6.45, 7) is 4.79. The first-order valence-corrected chi connectivity index (χ1v) is 9.09. The smallest absolute Gasteiger partial charge is 0.118 e. The molecule has 1 unspecified atom stereocenters. The summed E-state index contributed by atoms with van der Waals surface area (Å²) in [7, 11) is 1.65. The number of ether oxygens (including phenoxy) is 1. The molecule has 0 bridgehead atoms. The van der Waals surface area contributed by atoms with Crippen LogP contribution < -0.4 is 9.64 Å². The average Bonchev–Trinajstić information content (AvgIpc) is 2.67. The van der Waals surface area contributed by atoms with Crippen LogP contribution in [0.3, 0.4) is 0 Å². The zero-order valence-corrected chi connectivity index (χ0v) is 15.3. The molecule has 4 nitrogen and oxygen atoms in total. The lowest BCUT2D eigenvalue weighted by molar-refractivity contribution is 0.139. The van der Waals surface area contributed by atoms with E-state index >= 15 is 0 Å². The fourth-order valence-electron chi connectivity index (χ4n) is 3.22. The number of halogens is 1. The van der Waals surface area contributed by atoms with Crippen molar-refractivity contribution in [2.75, 3.05) is 44.7 Å². The molecule has 1 aliphatic rings. The zero-order chi connectivity index (χ0) is 17.6. The van der Waals surface area contributed by atoms with Crippen molar-refractivity contribution in [1.29, 1.82) is 0 Å². The van der Waals surface area contributed by atoms with Gasteiger partial charge in [-0.05, 0) is 36.2 Å². The molecule has 0 aromatic heterocycles. The first-order chi connectivity index (χ1) is 12.2. The molecule has 1 saturated heterocycles. The van der Waals surface area contributed by atoms with Gasteiger partial charge >= 0.3 is 0 Å². The lowest BCUT2D eigenvalue weighted by atomic mass is 10.1. The van der Waals surface area contributed by atoms with Crippen molar-refractivity contribution < 1.29 is 9.84 Å². The quantitative estimate of drug-likeness (QED) is 0.854. The summed E-state index contributed by atoms with van der Waals surface area (Å²) in [6, 6.07) is 15.6. The molecule has 3 rings (SSSR count). The Bertz CT molecular complexity index is 670. The molecule has 0 saturated carbocycles. The second-order valence-corrected chi connectivity index (χ2v) is 6.76. The minimum Gasteiger partial charge on any atom is -0.497 e. The SMILES string of the molecule is COc1ccc(C(O)CCN2CCN(c3ccccc3Cl)CC2)cc1. The number of benzene rings is 2. The van der Waals surface area contributed by atoms with Crippen LogP contribution in [-0.2, 0) is 0 Å². The number of piperazine rings is 1. The Hall–Kier alpha value is -1.75. The number of rotatable bonds is 6. The maximum atomic E-state index is 10.4. The summed E-state index contributed by atoms with van der Waals surface area (Å²) in [4.78, 5) is 4.73. The average molecular weight is 361 g/mol. The predicted molar refractivity (Wildman–Crippen MR) is 103 cm³/mol. The van der Waals surface area contributed by atoms with Crippen LogP contribution in [0.25, 0.3) is 0 Å². The van der Waals surface area contributed by atoms with E-state index in [9.17, 15) is 5.11 Å². The number of para-hydroxylation sites is 1.